The molecule has 0 aliphatic heterocycles. The van der Waals surface area contributed by atoms with Crippen LogP contribution in [0.4, 0.5) is 0 Å². The van der Waals surface area contributed by atoms with Gasteiger partial charge >= 0.3 is 11.9 Å². The van der Waals surface area contributed by atoms with Crippen LogP contribution in [0.25, 0.3) is 0 Å². The Labute approximate surface area is 98.4 Å². The number of carbonyl (C=O) groups is 2. The number of hydrogen-bond donors (Lipinski definition) is 1. The van der Waals surface area contributed by atoms with Crippen LogP contribution in [0, 0.1) is 0 Å². The van der Waals surface area contributed by atoms with Gasteiger partial charge in [-0.3, -0.25) is 4.79 Å². The fourth-order valence-electron chi connectivity index (χ4n) is 1.25. The molecule has 0 aromatic heterocycles. The van der Waals surface area contributed by atoms with Crippen molar-refractivity contribution in [3.8, 4) is 0 Å². The maximum absolute atomic E-state index is 11.0. The van der Waals surface area contributed by atoms with Crippen LogP contribution in [-0.4, -0.2) is 35.5 Å². The molecule has 1 rings (SSSR count). The summed E-state index contributed by atoms with van der Waals surface area (Å²) in [6.45, 7) is 0.353. The van der Waals surface area contributed by atoms with Crippen LogP contribution in [0.1, 0.15) is 5.56 Å². The summed E-state index contributed by atoms with van der Waals surface area (Å²) in [5.74, 6) is -2.34. The molecule has 1 aromatic rings. The first-order valence-electron chi connectivity index (χ1n) is 4.73. The molecule has 0 aliphatic carbocycles. The van der Waals surface area contributed by atoms with E-state index in [0.717, 1.165) is 5.56 Å². The number of benzene rings is 1. The maximum Gasteiger partial charge on any atom is 0.394 e. The average molecular weight is 242 g/mol. The Kier molecular flexibility index (Phi) is 4.31. The van der Waals surface area contributed by atoms with Gasteiger partial charge in [-0.1, -0.05) is 23.7 Å². The van der Waals surface area contributed by atoms with Gasteiger partial charge < -0.3 is 10.0 Å². The Hall–Kier alpha value is -1.55. The summed E-state index contributed by atoms with van der Waals surface area (Å²) in [5, 5.41) is 9.11. The van der Waals surface area contributed by atoms with Crippen molar-refractivity contribution >= 4 is 23.5 Å². The van der Waals surface area contributed by atoms with Gasteiger partial charge in [0.2, 0.25) is 0 Å². The maximum atomic E-state index is 11.0. The summed E-state index contributed by atoms with van der Waals surface area (Å²) >= 11 is 5.80. The molecule has 0 saturated carbocycles. The van der Waals surface area contributed by atoms with Crippen molar-refractivity contribution in [1.82, 2.24) is 4.90 Å². The van der Waals surface area contributed by atoms with E-state index in [4.69, 9.17) is 16.7 Å². The highest BCUT2D eigenvalue weighted by Gasteiger charge is 2.16. The van der Waals surface area contributed by atoms with Crippen molar-refractivity contribution in [1.29, 1.82) is 0 Å². The highest BCUT2D eigenvalue weighted by atomic mass is 35.5. The predicted octanol–water partition coefficient (Wildman–Crippen LogP) is 1.43. The SMILES string of the molecule is CN(CCc1cccc(Cl)c1)C(=O)C(=O)O. The minimum absolute atomic E-state index is 0.353. The van der Waals surface area contributed by atoms with E-state index in [9.17, 15) is 9.59 Å². The van der Waals surface area contributed by atoms with Crippen LogP contribution in [-0.2, 0) is 16.0 Å². The quantitative estimate of drug-likeness (QED) is 0.815. The summed E-state index contributed by atoms with van der Waals surface area (Å²) in [6.07, 6.45) is 0.579. The molecule has 0 aliphatic rings. The van der Waals surface area contributed by atoms with Crippen molar-refractivity contribution in [2.24, 2.45) is 0 Å². The van der Waals surface area contributed by atoms with E-state index in [1.807, 2.05) is 12.1 Å². The number of carboxylic acids is 1. The van der Waals surface area contributed by atoms with Gasteiger partial charge in [-0.15, -0.1) is 0 Å². The molecule has 0 atom stereocenters. The zero-order chi connectivity index (χ0) is 12.1. The second kappa shape index (κ2) is 5.51. The zero-order valence-electron chi connectivity index (χ0n) is 8.81. The van der Waals surface area contributed by atoms with Crippen LogP contribution in [0.15, 0.2) is 24.3 Å². The number of likely N-dealkylation sites (N-methyl/N-ethyl adjacent to an activating group) is 1. The lowest BCUT2D eigenvalue weighted by Crippen LogP contribution is -2.34. The standard InChI is InChI=1S/C11H12ClNO3/c1-13(10(14)11(15)16)6-5-8-3-2-4-9(12)7-8/h2-4,7H,5-6H2,1H3,(H,15,16). The Balaban J connectivity index is 2.52. The third-order valence-corrected chi connectivity index (χ3v) is 2.39. The lowest BCUT2D eigenvalue weighted by atomic mass is 10.1. The molecule has 0 bridgehead atoms. The number of halogens is 1. The number of carbonyl (C=O) groups excluding carboxylic acids is 1. The molecule has 86 valence electrons. The largest absolute Gasteiger partial charge is 0.474 e. The zero-order valence-corrected chi connectivity index (χ0v) is 9.57. The number of nitrogens with zero attached hydrogens (tertiary/aromatic N) is 1. The second-order valence-electron chi connectivity index (χ2n) is 3.41. The molecule has 0 spiro atoms. The summed E-state index contributed by atoms with van der Waals surface area (Å²) in [5.41, 5.74) is 0.970. The van der Waals surface area contributed by atoms with Crippen molar-refractivity contribution in [2.45, 2.75) is 6.42 Å². The first-order valence-corrected chi connectivity index (χ1v) is 5.11. The molecule has 16 heavy (non-hydrogen) atoms. The third-order valence-electron chi connectivity index (χ3n) is 2.15. The molecule has 1 aromatic carbocycles. The second-order valence-corrected chi connectivity index (χ2v) is 3.85. The smallest absolute Gasteiger partial charge is 0.394 e. The minimum atomic E-state index is -1.44. The Morgan fingerprint density at radius 1 is 1.44 bits per heavy atom. The number of aliphatic carboxylic acids is 1. The first-order chi connectivity index (χ1) is 7.50. The van der Waals surface area contributed by atoms with E-state index in [1.165, 1.54) is 11.9 Å². The van der Waals surface area contributed by atoms with Gasteiger partial charge in [-0.05, 0) is 24.1 Å². The van der Waals surface area contributed by atoms with E-state index in [0.29, 0.717) is 18.0 Å². The Morgan fingerprint density at radius 3 is 2.69 bits per heavy atom. The van der Waals surface area contributed by atoms with Crippen molar-refractivity contribution in [3.63, 3.8) is 0 Å². The first kappa shape index (κ1) is 12.5. The lowest BCUT2D eigenvalue weighted by molar-refractivity contribution is -0.155. The number of amides is 1. The molecule has 5 heteroatoms. The van der Waals surface area contributed by atoms with Gasteiger partial charge in [-0.2, -0.15) is 0 Å². The topological polar surface area (TPSA) is 57.6 Å². The van der Waals surface area contributed by atoms with Gasteiger partial charge in [-0.25, -0.2) is 4.79 Å². The van der Waals surface area contributed by atoms with E-state index >= 15 is 0 Å². The monoisotopic (exact) mass is 241 g/mol. The van der Waals surface area contributed by atoms with Crippen molar-refractivity contribution in [2.75, 3.05) is 13.6 Å². The molecule has 0 unspecified atom stereocenters. The van der Waals surface area contributed by atoms with Gasteiger partial charge in [0.25, 0.3) is 0 Å². The predicted molar refractivity (Wildman–Crippen MR) is 60.4 cm³/mol. The molecule has 4 nitrogen and oxygen atoms in total. The number of carboxylic acid groups (broad SMARTS) is 1. The van der Waals surface area contributed by atoms with E-state index in [1.54, 1.807) is 12.1 Å². The summed E-state index contributed by atoms with van der Waals surface area (Å²) in [7, 11) is 1.46. The van der Waals surface area contributed by atoms with E-state index in [-0.39, 0.29) is 0 Å². The van der Waals surface area contributed by atoms with E-state index in [2.05, 4.69) is 0 Å². The Bertz CT molecular complexity index is 406. The molecule has 1 N–H and O–H groups in total. The molecular weight excluding hydrogens is 230 g/mol. The molecule has 0 heterocycles. The average Bonchev–Trinajstić information content (AvgIpc) is 2.24. The minimum Gasteiger partial charge on any atom is -0.474 e. The van der Waals surface area contributed by atoms with Gasteiger partial charge in [0.05, 0.1) is 0 Å². The summed E-state index contributed by atoms with van der Waals surface area (Å²) in [4.78, 5) is 22.6. The molecule has 0 saturated heterocycles. The summed E-state index contributed by atoms with van der Waals surface area (Å²) in [6, 6.07) is 7.25. The number of hydrogen-bond acceptors (Lipinski definition) is 2. The molecule has 1 amide bonds. The van der Waals surface area contributed by atoms with Crippen molar-refractivity contribution < 1.29 is 14.7 Å². The Morgan fingerprint density at radius 2 is 2.12 bits per heavy atom. The van der Waals surface area contributed by atoms with Crippen LogP contribution in [0.3, 0.4) is 0 Å². The van der Waals surface area contributed by atoms with Gasteiger partial charge in [0.1, 0.15) is 0 Å². The molecule has 0 fully saturated rings. The van der Waals surface area contributed by atoms with Crippen LogP contribution in [0.5, 0.6) is 0 Å². The fraction of sp³-hybridized carbons (Fsp3) is 0.273. The van der Waals surface area contributed by atoms with Gasteiger partial charge in [0, 0.05) is 18.6 Å². The number of rotatable bonds is 3. The van der Waals surface area contributed by atoms with E-state index < -0.39 is 11.9 Å². The highest BCUT2D eigenvalue weighted by Crippen LogP contribution is 2.11. The lowest BCUT2D eigenvalue weighted by Gasteiger charge is -2.14. The van der Waals surface area contributed by atoms with Crippen LogP contribution < -0.4 is 0 Å². The molecule has 0 radical (unpaired) electrons. The summed E-state index contributed by atoms with van der Waals surface area (Å²) < 4.78 is 0. The van der Waals surface area contributed by atoms with Gasteiger partial charge in [0.15, 0.2) is 0 Å². The third kappa shape index (κ3) is 3.55. The van der Waals surface area contributed by atoms with Crippen LogP contribution in [0.2, 0.25) is 5.02 Å². The fourth-order valence-corrected chi connectivity index (χ4v) is 1.47. The van der Waals surface area contributed by atoms with Crippen LogP contribution >= 0.6 is 11.6 Å². The normalized spacial score (nSPS) is 9.88. The van der Waals surface area contributed by atoms with Crippen molar-refractivity contribution in [3.05, 3.63) is 34.9 Å². The highest BCUT2D eigenvalue weighted by molar-refractivity contribution is 6.31. The molecular formula is C11H12ClNO3.